The quantitative estimate of drug-likeness (QED) is 0.758. The molecular formula is C16H20N2O4S2. The van der Waals surface area contributed by atoms with E-state index in [9.17, 15) is 13.2 Å². The molecule has 0 aliphatic carbocycles. The molecule has 0 radical (unpaired) electrons. The second kappa shape index (κ2) is 7.89. The molecule has 0 amide bonds. The van der Waals surface area contributed by atoms with Gasteiger partial charge >= 0.3 is 5.97 Å². The summed E-state index contributed by atoms with van der Waals surface area (Å²) in [6.45, 7) is 0.190. The zero-order valence-corrected chi connectivity index (χ0v) is 15.4. The maximum absolute atomic E-state index is 12.6. The van der Waals surface area contributed by atoms with Crippen LogP contribution in [0.15, 0.2) is 46.7 Å². The molecule has 1 aromatic carbocycles. The average molecular weight is 368 g/mol. The molecule has 24 heavy (non-hydrogen) atoms. The lowest BCUT2D eigenvalue weighted by molar-refractivity contribution is 0.0602. The number of esters is 1. The number of ether oxygens (including phenoxy) is 1. The number of nitrogens with zero attached hydrogens (tertiary/aromatic N) is 1. The minimum Gasteiger partial charge on any atom is -0.465 e. The van der Waals surface area contributed by atoms with Gasteiger partial charge in [-0.1, -0.05) is 30.3 Å². The number of carbonyl (C=O) groups is 1. The summed E-state index contributed by atoms with van der Waals surface area (Å²) < 4.78 is 32.3. The Labute approximate surface area is 146 Å². The standard InChI is InChI=1S/C16H20N2O4S2/c1-18(2)13(12-7-5-4-6-8-12)11-17-24(20,21)14-9-10-23-15(14)16(19)22-3/h4-10,13,17H,11H2,1-3H3. The Balaban J connectivity index is 2.20. The molecule has 0 spiro atoms. The van der Waals surface area contributed by atoms with Gasteiger partial charge in [-0.05, 0) is 31.1 Å². The molecular weight excluding hydrogens is 348 g/mol. The molecule has 2 aromatic rings. The van der Waals surface area contributed by atoms with Gasteiger partial charge in [0.25, 0.3) is 0 Å². The van der Waals surface area contributed by atoms with E-state index in [-0.39, 0.29) is 22.4 Å². The number of hydrogen-bond acceptors (Lipinski definition) is 6. The number of nitrogens with one attached hydrogen (secondary N) is 1. The van der Waals surface area contributed by atoms with Crippen molar-refractivity contribution in [3.8, 4) is 0 Å². The van der Waals surface area contributed by atoms with Gasteiger partial charge in [0.15, 0.2) is 0 Å². The molecule has 0 saturated heterocycles. The van der Waals surface area contributed by atoms with Crippen LogP contribution >= 0.6 is 11.3 Å². The van der Waals surface area contributed by atoms with E-state index in [1.807, 2.05) is 49.3 Å². The summed E-state index contributed by atoms with van der Waals surface area (Å²) in [6, 6.07) is 10.9. The van der Waals surface area contributed by atoms with E-state index in [0.29, 0.717) is 0 Å². The van der Waals surface area contributed by atoms with E-state index in [4.69, 9.17) is 0 Å². The Kier molecular flexibility index (Phi) is 6.11. The Bertz CT molecular complexity index is 785. The number of likely N-dealkylation sites (N-methyl/N-ethyl adjacent to an activating group) is 1. The highest BCUT2D eigenvalue weighted by Crippen LogP contribution is 2.24. The van der Waals surface area contributed by atoms with Gasteiger partial charge in [-0.3, -0.25) is 0 Å². The van der Waals surface area contributed by atoms with Gasteiger partial charge in [0, 0.05) is 12.6 Å². The van der Waals surface area contributed by atoms with E-state index in [1.54, 1.807) is 5.38 Å². The third kappa shape index (κ3) is 4.21. The van der Waals surface area contributed by atoms with Crippen LogP contribution in [0.5, 0.6) is 0 Å². The maximum Gasteiger partial charge on any atom is 0.349 e. The Hall–Kier alpha value is -1.74. The number of hydrogen-bond donors (Lipinski definition) is 1. The first-order chi connectivity index (χ1) is 11.4. The first-order valence-electron chi connectivity index (χ1n) is 7.23. The van der Waals surface area contributed by atoms with Gasteiger partial charge in [-0.25, -0.2) is 17.9 Å². The van der Waals surface area contributed by atoms with Crippen molar-refractivity contribution < 1.29 is 17.9 Å². The number of thiophene rings is 1. The third-order valence-electron chi connectivity index (χ3n) is 3.56. The van der Waals surface area contributed by atoms with Crippen LogP contribution in [0, 0.1) is 0 Å². The monoisotopic (exact) mass is 368 g/mol. The fraction of sp³-hybridized carbons (Fsp3) is 0.312. The number of benzene rings is 1. The summed E-state index contributed by atoms with van der Waals surface area (Å²) in [5.41, 5.74) is 1.00. The molecule has 1 unspecified atom stereocenters. The van der Waals surface area contributed by atoms with E-state index in [2.05, 4.69) is 9.46 Å². The van der Waals surface area contributed by atoms with Crippen molar-refractivity contribution in [1.82, 2.24) is 9.62 Å². The van der Waals surface area contributed by atoms with Gasteiger partial charge in [-0.15, -0.1) is 11.3 Å². The highest BCUT2D eigenvalue weighted by atomic mass is 32.2. The number of carbonyl (C=O) groups excluding carboxylic acids is 1. The summed E-state index contributed by atoms with van der Waals surface area (Å²) in [5.74, 6) is -0.655. The maximum atomic E-state index is 12.6. The first-order valence-corrected chi connectivity index (χ1v) is 9.60. The van der Waals surface area contributed by atoms with Crippen LogP contribution in [-0.2, 0) is 14.8 Å². The molecule has 0 fully saturated rings. The van der Waals surface area contributed by atoms with Crippen molar-refractivity contribution >= 4 is 27.3 Å². The second-order valence-electron chi connectivity index (χ2n) is 5.35. The van der Waals surface area contributed by atoms with Gasteiger partial charge in [0.05, 0.1) is 7.11 Å². The zero-order chi connectivity index (χ0) is 17.7. The van der Waals surface area contributed by atoms with Crippen LogP contribution in [0.1, 0.15) is 21.3 Å². The van der Waals surface area contributed by atoms with Crippen LogP contribution in [0.25, 0.3) is 0 Å². The summed E-state index contributed by atoms with van der Waals surface area (Å²) >= 11 is 1.04. The number of rotatable bonds is 7. The molecule has 1 atom stereocenters. The van der Waals surface area contributed by atoms with Crippen molar-refractivity contribution in [3.05, 3.63) is 52.2 Å². The SMILES string of the molecule is COC(=O)c1sccc1S(=O)(=O)NCC(c1ccccc1)N(C)C. The van der Waals surface area contributed by atoms with Crippen molar-refractivity contribution in [1.29, 1.82) is 0 Å². The highest BCUT2D eigenvalue weighted by Gasteiger charge is 2.26. The lowest BCUT2D eigenvalue weighted by Gasteiger charge is -2.25. The van der Waals surface area contributed by atoms with Crippen LogP contribution in [-0.4, -0.2) is 47.0 Å². The molecule has 2 rings (SSSR count). The van der Waals surface area contributed by atoms with Crippen molar-refractivity contribution in [3.63, 3.8) is 0 Å². The molecule has 8 heteroatoms. The number of methoxy groups -OCH3 is 1. The Morgan fingerprint density at radius 3 is 2.50 bits per heavy atom. The molecule has 0 aliphatic heterocycles. The van der Waals surface area contributed by atoms with E-state index in [1.165, 1.54) is 13.2 Å². The molecule has 6 nitrogen and oxygen atoms in total. The van der Waals surface area contributed by atoms with Crippen molar-refractivity contribution in [2.45, 2.75) is 10.9 Å². The van der Waals surface area contributed by atoms with Gasteiger partial charge in [0.1, 0.15) is 9.77 Å². The smallest absolute Gasteiger partial charge is 0.349 e. The molecule has 0 saturated carbocycles. The molecule has 1 N–H and O–H groups in total. The van der Waals surface area contributed by atoms with Crippen LogP contribution in [0.2, 0.25) is 0 Å². The van der Waals surface area contributed by atoms with Gasteiger partial charge < -0.3 is 9.64 Å². The average Bonchev–Trinajstić information content (AvgIpc) is 3.05. The zero-order valence-electron chi connectivity index (χ0n) is 13.7. The molecule has 1 heterocycles. The predicted octanol–water partition coefficient (Wildman–Crippen LogP) is 2.12. The van der Waals surface area contributed by atoms with Crippen molar-refractivity contribution in [2.24, 2.45) is 0 Å². The van der Waals surface area contributed by atoms with Gasteiger partial charge in [0.2, 0.25) is 10.0 Å². The second-order valence-corrected chi connectivity index (χ2v) is 8.00. The fourth-order valence-corrected chi connectivity index (χ4v) is 4.66. The normalized spacial score (nSPS) is 13.0. The number of sulfonamides is 1. The minimum atomic E-state index is -3.81. The predicted molar refractivity (Wildman–Crippen MR) is 93.7 cm³/mol. The van der Waals surface area contributed by atoms with Crippen LogP contribution < -0.4 is 4.72 Å². The molecule has 0 aliphatic rings. The van der Waals surface area contributed by atoms with E-state index >= 15 is 0 Å². The lowest BCUT2D eigenvalue weighted by Crippen LogP contribution is -2.34. The molecule has 0 bridgehead atoms. The topological polar surface area (TPSA) is 75.7 Å². The largest absolute Gasteiger partial charge is 0.465 e. The summed E-state index contributed by atoms with van der Waals surface area (Å²) in [4.78, 5) is 13.7. The van der Waals surface area contributed by atoms with E-state index < -0.39 is 16.0 Å². The molecule has 1 aromatic heterocycles. The van der Waals surface area contributed by atoms with Crippen LogP contribution in [0.4, 0.5) is 0 Å². The van der Waals surface area contributed by atoms with Crippen molar-refractivity contribution in [2.75, 3.05) is 27.7 Å². The summed E-state index contributed by atoms with van der Waals surface area (Å²) in [5, 5.41) is 1.56. The molecule has 130 valence electrons. The van der Waals surface area contributed by atoms with Gasteiger partial charge in [-0.2, -0.15) is 0 Å². The summed E-state index contributed by atoms with van der Waals surface area (Å²) in [7, 11) is 1.19. The summed E-state index contributed by atoms with van der Waals surface area (Å²) in [6.07, 6.45) is 0. The lowest BCUT2D eigenvalue weighted by atomic mass is 10.1. The Morgan fingerprint density at radius 1 is 1.25 bits per heavy atom. The Morgan fingerprint density at radius 2 is 1.92 bits per heavy atom. The van der Waals surface area contributed by atoms with Crippen LogP contribution in [0.3, 0.4) is 0 Å². The fourth-order valence-electron chi connectivity index (χ4n) is 2.29. The first kappa shape index (κ1) is 18.6. The highest BCUT2D eigenvalue weighted by molar-refractivity contribution is 7.89. The minimum absolute atomic E-state index is 0.0510. The third-order valence-corrected chi connectivity index (χ3v) is 6.05. The van der Waals surface area contributed by atoms with E-state index in [0.717, 1.165) is 16.9 Å².